The highest BCUT2D eigenvalue weighted by Gasteiger charge is 2.27. The van der Waals surface area contributed by atoms with Gasteiger partial charge < -0.3 is 20.5 Å². The molecule has 3 rings (SSSR count). The van der Waals surface area contributed by atoms with E-state index in [2.05, 4.69) is 5.32 Å². The normalized spacial score (nSPS) is 16.4. The minimum atomic E-state index is -0.563. The highest BCUT2D eigenvalue weighted by molar-refractivity contribution is 5.98. The van der Waals surface area contributed by atoms with E-state index in [4.69, 9.17) is 15.2 Å². The zero-order valence-corrected chi connectivity index (χ0v) is 12.3. The fourth-order valence-electron chi connectivity index (χ4n) is 2.40. The Morgan fingerprint density at radius 3 is 2.73 bits per heavy atom. The molecule has 1 aliphatic heterocycles. The third-order valence-electron chi connectivity index (χ3n) is 3.48. The molecular formula is C17H18N2O3. The molecule has 0 aliphatic carbocycles. The van der Waals surface area contributed by atoms with Gasteiger partial charge in [0.2, 0.25) is 0 Å². The first kappa shape index (κ1) is 14.3. The lowest BCUT2D eigenvalue weighted by atomic mass is 10.1. The second-order valence-corrected chi connectivity index (χ2v) is 5.13. The summed E-state index contributed by atoms with van der Waals surface area (Å²) in [7, 11) is 0. The summed E-state index contributed by atoms with van der Waals surface area (Å²) in [5, 5.41) is 2.84. The standard InChI is InChI=1S/C17H18N2O3/c1-2-21-13-6-3-11(4-7-13)9-16-17(20)19-14-8-5-12(18)10-15(14)22-16/h3-8,10,16H,2,9,18H2,1H3,(H,19,20). The SMILES string of the molecule is CCOc1ccc(CC2Oc3cc(N)ccc3NC2=O)cc1. The Kier molecular flexibility index (Phi) is 3.87. The van der Waals surface area contributed by atoms with Crippen LogP contribution in [0.4, 0.5) is 11.4 Å². The molecule has 2 aromatic rings. The van der Waals surface area contributed by atoms with Gasteiger partial charge in [-0.15, -0.1) is 0 Å². The van der Waals surface area contributed by atoms with Crippen LogP contribution in [0, 0.1) is 0 Å². The Labute approximate surface area is 129 Å². The van der Waals surface area contributed by atoms with Crippen LogP contribution in [0.15, 0.2) is 42.5 Å². The van der Waals surface area contributed by atoms with Gasteiger partial charge in [0, 0.05) is 18.2 Å². The first-order chi connectivity index (χ1) is 10.7. The number of carbonyl (C=O) groups is 1. The van der Waals surface area contributed by atoms with E-state index in [9.17, 15) is 4.79 Å². The first-order valence-corrected chi connectivity index (χ1v) is 7.24. The molecule has 0 spiro atoms. The van der Waals surface area contributed by atoms with Gasteiger partial charge in [-0.05, 0) is 36.8 Å². The van der Waals surface area contributed by atoms with Crippen LogP contribution in [-0.4, -0.2) is 18.6 Å². The average molecular weight is 298 g/mol. The second kappa shape index (κ2) is 5.97. The lowest BCUT2D eigenvalue weighted by Gasteiger charge is -2.26. The molecule has 5 nitrogen and oxygen atoms in total. The van der Waals surface area contributed by atoms with Gasteiger partial charge in [0.05, 0.1) is 12.3 Å². The van der Waals surface area contributed by atoms with Crippen molar-refractivity contribution >= 4 is 17.3 Å². The van der Waals surface area contributed by atoms with Gasteiger partial charge in [-0.2, -0.15) is 0 Å². The number of benzene rings is 2. The summed E-state index contributed by atoms with van der Waals surface area (Å²) in [4.78, 5) is 12.1. The van der Waals surface area contributed by atoms with Crippen molar-refractivity contribution in [3.05, 3.63) is 48.0 Å². The molecule has 1 atom stereocenters. The quantitative estimate of drug-likeness (QED) is 0.851. The lowest BCUT2D eigenvalue weighted by molar-refractivity contribution is -0.123. The predicted molar refractivity (Wildman–Crippen MR) is 85.2 cm³/mol. The van der Waals surface area contributed by atoms with Crippen molar-refractivity contribution in [1.82, 2.24) is 0 Å². The number of anilines is 2. The second-order valence-electron chi connectivity index (χ2n) is 5.13. The number of rotatable bonds is 4. The Morgan fingerprint density at radius 2 is 2.00 bits per heavy atom. The summed E-state index contributed by atoms with van der Waals surface area (Å²) < 4.78 is 11.2. The van der Waals surface area contributed by atoms with Crippen LogP contribution in [-0.2, 0) is 11.2 Å². The highest BCUT2D eigenvalue weighted by Crippen LogP contribution is 2.32. The fraction of sp³-hybridized carbons (Fsp3) is 0.235. The Hall–Kier alpha value is -2.69. The van der Waals surface area contributed by atoms with Crippen molar-refractivity contribution in [1.29, 1.82) is 0 Å². The molecule has 1 aliphatic rings. The number of nitrogens with two attached hydrogens (primary N) is 1. The van der Waals surface area contributed by atoms with E-state index in [1.807, 2.05) is 31.2 Å². The third-order valence-corrected chi connectivity index (χ3v) is 3.48. The van der Waals surface area contributed by atoms with Crippen LogP contribution in [0.5, 0.6) is 11.5 Å². The molecule has 0 radical (unpaired) electrons. The maximum Gasteiger partial charge on any atom is 0.265 e. The van der Waals surface area contributed by atoms with Crippen molar-refractivity contribution in [2.75, 3.05) is 17.7 Å². The molecule has 0 saturated carbocycles. The van der Waals surface area contributed by atoms with Gasteiger partial charge in [0.25, 0.3) is 5.91 Å². The van der Waals surface area contributed by atoms with Crippen LogP contribution in [0.25, 0.3) is 0 Å². The van der Waals surface area contributed by atoms with E-state index >= 15 is 0 Å². The van der Waals surface area contributed by atoms with Gasteiger partial charge in [0.15, 0.2) is 6.10 Å². The smallest absolute Gasteiger partial charge is 0.265 e. The molecule has 1 amide bonds. The number of ether oxygens (including phenoxy) is 2. The molecule has 1 heterocycles. The molecular weight excluding hydrogens is 280 g/mol. The zero-order valence-electron chi connectivity index (χ0n) is 12.3. The summed E-state index contributed by atoms with van der Waals surface area (Å²) in [6, 6.07) is 12.9. The third kappa shape index (κ3) is 2.98. The predicted octanol–water partition coefficient (Wildman–Crippen LogP) is 2.61. The van der Waals surface area contributed by atoms with Crippen LogP contribution < -0.4 is 20.5 Å². The van der Waals surface area contributed by atoms with Gasteiger partial charge in [-0.3, -0.25) is 4.79 Å². The largest absolute Gasteiger partial charge is 0.494 e. The topological polar surface area (TPSA) is 73.6 Å². The van der Waals surface area contributed by atoms with Gasteiger partial charge in [-0.25, -0.2) is 0 Å². The van der Waals surface area contributed by atoms with Gasteiger partial charge >= 0.3 is 0 Å². The molecule has 1 unspecified atom stereocenters. The van der Waals surface area contributed by atoms with Crippen LogP contribution in [0.2, 0.25) is 0 Å². The monoisotopic (exact) mass is 298 g/mol. The number of carbonyl (C=O) groups excluding carboxylic acids is 1. The molecule has 0 bridgehead atoms. The van der Waals surface area contributed by atoms with Crippen molar-refractivity contribution < 1.29 is 14.3 Å². The van der Waals surface area contributed by atoms with Gasteiger partial charge in [-0.1, -0.05) is 12.1 Å². The average Bonchev–Trinajstić information content (AvgIpc) is 2.51. The summed E-state index contributed by atoms with van der Waals surface area (Å²) in [5.74, 6) is 1.28. The van der Waals surface area contributed by atoms with Crippen molar-refractivity contribution in [2.24, 2.45) is 0 Å². The Morgan fingerprint density at radius 1 is 1.23 bits per heavy atom. The molecule has 3 N–H and O–H groups in total. The molecule has 114 valence electrons. The highest BCUT2D eigenvalue weighted by atomic mass is 16.5. The Bertz CT molecular complexity index is 683. The minimum Gasteiger partial charge on any atom is -0.494 e. The van der Waals surface area contributed by atoms with Crippen molar-refractivity contribution in [2.45, 2.75) is 19.4 Å². The minimum absolute atomic E-state index is 0.147. The number of hydrogen-bond donors (Lipinski definition) is 2. The van der Waals surface area contributed by atoms with E-state index in [0.717, 1.165) is 11.3 Å². The zero-order chi connectivity index (χ0) is 15.5. The van der Waals surface area contributed by atoms with E-state index < -0.39 is 6.10 Å². The van der Waals surface area contributed by atoms with E-state index in [1.165, 1.54) is 0 Å². The molecule has 22 heavy (non-hydrogen) atoms. The molecule has 5 heteroatoms. The number of hydrogen-bond acceptors (Lipinski definition) is 4. The van der Waals surface area contributed by atoms with Crippen LogP contribution in [0.1, 0.15) is 12.5 Å². The number of amides is 1. The van der Waals surface area contributed by atoms with Crippen molar-refractivity contribution in [3.63, 3.8) is 0 Å². The number of fused-ring (bicyclic) bond motifs is 1. The van der Waals surface area contributed by atoms with E-state index in [0.29, 0.717) is 30.2 Å². The summed E-state index contributed by atoms with van der Waals surface area (Å²) in [5.41, 5.74) is 8.02. The van der Waals surface area contributed by atoms with Crippen molar-refractivity contribution in [3.8, 4) is 11.5 Å². The van der Waals surface area contributed by atoms with Crippen LogP contribution >= 0.6 is 0 Å². The Balaban J connectivity index is 1.74. The van der Waals surface area contributed by atoms with Gasteiger partial charge in [0.1, 0.15) is 11.5 Å². The molecule has 0 saturated heterocycles. The van der Waals surface area contributed by atoms with Crippen LogP contribution in [0.3, 0.4) is 0 Å². The summed E-state index contributed by atoms with van der Waals surface area (Å²) in [6.07, 6.45) is -0.0702. The maximum absolute atomic E-state index is 12.1. The number of nitrogen functional groups attached to an aromatic ring is 1. The first-order valence-electron chi connectivity index (χ1n) is 7.24. The summed E-state index contributed by atoms with van der Waals surface area (Å²) in [6.45, 7) is 2.57. The summed E-state index contributed by atoms with van der Waals surface area (Å²) >= 11 is 0. The molecule has 0 fully saturated rings. The lowest BCUT2D eigenvalue weighted by Crippen LogP contribution is -2.38. The maximum atomic E-state index is 12.1. The number of nitrogens with one attached hydrogen (secondary N) is 1. The van der Waals surface area contributed by atoms with E-state index in [1.54, 1.807) is 18.2 Å². The molecule has 2 aromatic carbocycles. The van der Waals surface area contributed by atoms with E-state index in [-0.39, 0.29) is 5.91 Å². The fourth-order valence-corrected chi connectivity index (χ4v) is 2.40. The molecule has 0 aromatic heterocycles.